The first-order valence-electron chi connectivity index (χ1n) is 2.66. The van der Waals surface area contributed by atoms with E-state index in [0.29, 0.717) is 5.92 Å². The first kappa shape index (κ1) is 4.85. The van der Waals surface area contributed by atoms with Crippen LogP contribution in [0, 0.1) is 5.92 Å². The summed E-state index contributed by atoms with van der Waals surface area (Å²) in [5.41, 5.74) is 0. The molecule has 1 aliphatic rings. The lowest BCUT2D eigenvalue weighted by atomic mass is 10.1. The standard InChI is InChI=1S/C6H9O/c7-5-6-3-1-2-4-6/h1-2,6H,3-5H2. The molecule has 0 unspecified atom stereocenters. The van der Waals surface area contributed by atoms with Gasteiger partial charge in [0.05, 0.1) is 6.61 Å². The molecule has 0 aromatic rings. The van der Waals surface area contributed by atoms with Crippen LogP contribution in [0.2, 0.25) is 0 Å². The predicted octanol–water partition coefficient (Wildman–Crippen LogP) is 1.38. The molecule has 0 heterocycles. The van der Waals surface area contributed by atoms with Crippen LogP contribution >= 0.6 is 0 Å². The van der Waals surface area contributed by atoms with Crippen molar-refractivity contribution in [1.82, 2.24) is 0 Å². The minimum absolute atomic E-state index is 0.104. The Morgan fingerprint density at radius 2 is 2.00 bits per heavy atom. The second kappa shape index (κ2) is 2.12. The van der Waals surface area contributed by atoms with Gasteiger partial charge in [-0.3, -0.25) is 0 Å². The van der Waals surface area contributed by atoms with Gasteiger partial charge in [-0.1, -0.05) is 12.2 Å². The molecule has 1 rings (SSSR count). The van der Waals surface area contributed by atoms with Gasteiger partial charge in [-0.2, -0.15) is 0 Å². The van der Waals surface area contributed by atoms with Gasteiger partial charge in [0, 0.05) is 0 Å². The molecule has 7 heavy (non-hydrogen) atoms. The van der Waals surface area contributed by atoms with Gasteiger partial charge in [-0.05, 0) is 18.8 Å². The van der Waals surface area contributed by atoms with Gasteiger partial charge in [0.25, 0.3) is 0 Å². The third kappa shape index (κ3) is 1.03. The van der Waals surface area contributed by atoms with Crippen LogP contribution in [0.25, 0.3) is 0 Å². The molecule has 1 nitrogen and oxygen atoms in total. The lowest BCUT2D eigenvalue weighted by molar-refractivity contribution is 0.148. The largest absolute Gasteiger partial charge is 0.236 e. The van der Waals surface area contributed by atoms with Crippen LogP contribution in [0.5, 0.6) is 0 Å². The monoisotopic (exact) mass is 97.1 g/mol. The average molecular weight is 97.1 g/mol. The molecule has 1 heteroatoms. The van der Waals surface area contributed by atoms with E-state index >= 15 is 0 Å². The van der Waals surface area contributed by atoms with Crippen molar-refractivity contribution in [3.05, 3.63) is 12.2 Å². The van der Waals surface area contributed by atoms with Gasteiger partial charge in [-0.15, -0.1) is 0 Å². The summed E-state index contributed by atoms with van der Waals surface area (Å²) in [7, 11) is 0. The van der Waals surface area contributed by atoms with Gasteiger partial charge in [0.15, 0.2) is 0 Å². The smallest absolute Gasteiger partial charge is 0.0856 e. The van der Waals surface area contributed by atoms with Crippen LogP contribution in [0.3, 0.4) is 0 Å². The van der Waals surface area contributed by atoms with Crippen molar-refractivity contribution in [2.75, 3.05) is 6.61 Å². The molecule has 0 saturated carbocycles. The molecule has 0 N–H and O–H groups in total. The second-order valence-corrected chi connectivity index (χ2v) is 1.98. The first-order valence-corrected chi connectivity index (χ1v) is 2.66. The summed E-state index contributed by atoms with van der Waals surface area (Å²) in [5, 5.41) is 10.1. The molecule has 0 amide bonds. The van der Waals surface area contributed by atoms with E-state index in [1.165, 1.54) is 0 Å². The Morgan fingerprint density at radius 1 is 1.43 bits per heavy atom. The van der Waals surface area contributed by atoms with E-state index < -0.39 is 0 Å². The Hall–Kier alpha value is -0.300. The maximum atomic E-state index is 10.1. The second-order valence-electron chi connectivity index (χ2n) is 1.98. The van der Waals surface area contributed by atoms with Crippen LogP contribution in [-0.4, -0.2) is 6.61 Å². The molecular weight excluding hydrogens is 88.1 g/mol. The Kier molecular flexibility index (Phi) is 1.47. The maximum Gasteiger partial charge on any atom is 0.0856 e. The molecule has 1 radical (unpaired) electrons. The Labute approximate surface area is 43.7 Å². The SMILES string of the molecule is [O]CC1CC=CC1. The molecule has 0 bridgehead atoms. The lowest BCUT2D eigenvalue weighted by Gasteiger charge is -1.97. The van der Waals surface area contributed by atoms with Crippen LogP contribution in [0.1, 0.15) is 12.8 Å². The van der Waals surface area contributed by atoms with Gasteiger partial charge >= 0.3 is 0 Å². The van der Waals surface area contributed by atoms with E-state index in [1.807, 2.05) is 0 Å². The third-order valence-electron chi connectivity index (χ3n) is 1.34. The highest BCUT2D eigenvalue weighted by Gasteiger charge is 2.07. The fourth-order valence-electron chi connectivity index (χ4n) is 0.810. The fraction of sp³-hybridized carbons (Fsp3) is 0.667. The zero-order valence-electron chi connectivity index (χ0n) is 4.26. The van der Waals surface area contributed by atoms with Gasteiger partial charge in [0.2, 0.25) is 0 Å². The molecule has 1 aliphatic carbocycles. The van der Waals surface area contributed by atoms with Crippen LogP contribution in [0.4, 0.5) is 0 Å². The van der Waals surface area contributed by atoms with Crippen molar-refractivity contribution < 1.29 is 5.11 Å². The minimum atomic E-state index is 0.104. The van der Waals surface area contributed by atoms with Crippen molar-refractivity contribution in [2.45, 2.75) is 12.8 Å². The highest BCUT2D eigenvalue weighted by Crippen LogP contribution is 2.15. The average Bonchev–Trinajstić information content (AvgIpc) is 2.14. The molecule has 0 fully saturated rings. The van der Waals surface area contributed by atoms with E-state index in [9.17, 15) is 5.11 Å². The number of hydrogen-bond donors (Lipinski definition) is 0. The predicted molar refractivity (Wildman–Crippen MR) is 27.4 cm³/mol. The zero-order chi connectivity index (χ0) is 5.11. The molecule has 0 aromatic heterocycles. The van der Waals surface area contributed by atoms with Gasteiger partial charge in [0.1, 0.15) is 0 Å². The number of hydrogen-bond acceptors (Lipinski definition) is 0. The fourth-order valence-corrected chi connectivity index (χ4v) is 0.810. The third-order valence-corrected chi connectivity index (χ3v) is 1.34. The maximum absolute atomic E-state index is 10.1. The van der Waals surface area contributed by atoms with Crippen molar-refractivity contribution in [3.8, 4) is 0 Å². The summed E-state index contributed by atoms with van der Waals surface area (Å²) in [6, 6.07) is 0. The van der Waals surface area contributed by atoms with E-state index in [0.717, 1.165) is 12.8 Å². The van der Waals surface area contributed by atoms with E-state index in [-0.39, 0.29) is 6.61 Å². The quantitative estimate of drug-likeness (QED) is 0.440. The highest BCUT2D eigenvalue weighted by atomic mass is 16.3. The van der Waals surface area contributed by atoms with Crippen molar-refractivity contribution in [2.24, 2.45) is 5.92 Å². The molecule has 0 spiro atoms. The minimum Gasteiger partial charge on any atom is -0.236 e. The normalized spacial score (nSPS) is 21.3. The van der Waals surface area contributed by atoms with E-state index in [1.54, 1.807) is 0 Å². The van der Waals surface area contributed by atoms with E-state index in [4.69, 9.17) is 0 Å². The lowest BCUT2D eigenvalue weighted by Crippen LogP contribution is -1.96. The van der Waals surface area contributed by atoms with E-state index in [2.05, 4.69) is 12.2 Å². The van der Waals surface area contributed by atoms with Crippen molar-refractivity contribution >= 4 is 0 Å². The molecule has 0 aromatic carbocycles. The highest BCUT2D eigenvalue weighted by molar-refractivity contribution is 4.93. The van der Waals surface area contributed by atoms with Crippen LogP contribution in [-0.2, 0) is 5.11 Å². The Morgan fingerprint density at radius 3 is 2.29 bits per heavy atom. The zero-order valence-corrected chi connectivity index (χ0v) is 4.26. The molecule has 39 valence electrons. The summed E-state index contributed by atoms with van der Waals surface area (Å²) in [6.07, 6.45) is 6.21. The summed E-state index contributed by atoms with van der Waals surface area (Å²) in [4.78, 5) is 0. The Balaban J connectivity index is 2.22. The van der Waals surface area contributed by atoms with Crippen molar-refractivity contribution in [1.29, 1.82) is 0 Å². The Bertz CT molecular complexity index is 68.2. The molecule has 0 saturated heterocycles. The van der Waals surface area contributed by atoms with Crippen LogP contribution < -0.4 is 0 Å². The van der Waals surface area contributed by atoms with Crippen LogP contribution in [0.15, 0.2) is 12.2 Å². The summed E-state index contributed by atoms with van der Waals surface area (Å²) in [6.45, 7) is 0.104. The van der Waals surface area contributed by atoms with Gasteiger partial charge in [-0.25, -0.2) is 5.11 Å². The number of rotatable bonds is 1. The van der Waals surface area contributed by atoms with Gasteiger partial charge < -0.3 is 0 Å². The topological polar surface area (TPSA) is 19.9 Å². The molecule has 0 atom stereocenters. The summed E-state index contributed by atoms with van der Waals surface area (Å²) >= 11 is 0. The van der Waals surface area contributed by atoms with Crippen molar-refractivity contribution in [3.63, 3.8) is 0 Å². The number of allylic oxidation sites excluding steroid dienone is 2. The first-order chi connectivity index (χ1) is 3.43. The molecule has 0 aliphatic heterocycles. The summed E-state index contributed by atoms with van der Waals surface area (Å²) < 4.78 is 0. The molecular formula is C6H9O. The summed E-state index contributed by atoms with van der Waals surface area (Å²) in [5.74, 6) is 0.431.